The first-order valence-corrected chi connectivity index (χ1v) is 6.36. The number of para-hydroxylation sites is 1. The molecule has 1 aromatic heterocycles. The van der Waals surface area contributed by atoms with Crippen molar-refractivity contribution in [2.45, 2.75) is 26.2 Å². The molecule has 0 radical (unpaired) electrons. The Morgan fingerprint density at radius 3 is 2.75 bits per heavy atom. The van der Waals surface area contributed by atoms with Crippen molar-refractivity contribution in [3.8, 4) is 10.9 Å². The van der Waals surface area contributed by atoms with E-state index in [2.05, 4.69) is 24.2 Å². The maximum absolute atomic E-state index is 5.66. The minimum Gasteiger partial charge on any atom is -0.431 e. The maximum atomic E-state index is 5.66. The van der Waals surface area contributed by atoms with Gasteiger partial charge in [0.1, 0.15) is 5.75 Å². The molecule has 84 valence electrons. The van der Waals surface area contributed by atoms with Gasteiger partial charge in [0.2, 0.25) is 0 Å². The largest absolute Gasteiger partial charge is 0.431 e. The molecule has 3 heteroatoms. The lowest BCUT2D eigenvalue weighted by molar-refractivity contribution is 0.475. The Morgan fingerprint density at radius 2 is 2.06 bits per heavy atom. The summed E-state index contributed by atoms with van der Waals surface area (Å²) in [5.74, 6) is 1.34. The van der Waals surface area contributed by atoms with Crippen molar-refractivity contribution in [2.24, 2.45) is 0 Å². The molecule has 0 N–H and O–H groups in total. The van der Waals surface area contributed by atoms with E-state index in [9.17, 15) is 0 Å². The maximum Gasteiger partial charge on any atom is 0.278 e. The van der Waals surface area contributed by atoms with Gasteiger partial charge in [0.15, 0.2) is 0 Å². The average molecular weight is 233 g/mol. The van der Waals surface area contributed by atoms with E-state index >= 15 is 0 Å². The molecular formula is C13H15NOS. The molecule has 2 rings (SSSR count). The van der Waals surface area contributed by atoms with Gasteiger partial charge < -0.3 is 4.74 Å². The molecule has 2 aromatic rings. The van der Waals surface area contributed by atoms with Gasteiger partial charge in [-0.1, -0.05) is 43.4 Å². The summed E-state index contributed by atoms with van der Waals surface area (Å²) < 4.78 is 5.66. The minimum absolute atomic E-state index is 0.504. The van der Waals surface area contributed by atoms with Crippen LogP contribution in [0.15, 0.2) is 35.7 Å². The fraction of sp³-hybridized carbons (Fsp3) is 0.308. The van der Waals surface area contributed by atoms with Crippen LogP contribution >= 0.6 is 11.3 Å². The number of ether oxygens (including phenoxy) is 1. The number of thiazole rings is 1. The smallest absolute Gasteiger partial charge is 0.278 e. The van der Waals surface area contributed by atoms with E-state index in [1.165, 1.54) is 0 Å². The van der Waals surface area contributed by atoms with Crippen molar-refractivity contribution in [1.29, 1.82) is 0 Å². The first-order valence-electron chi connectivity index (χ1n) is 5.48. The Morgan fingerprint density at radius 1 is 1.31 bits per heavy atom. The highest BCUT2D eigenvalue weighted by atomic mass is 32.1. The zero-order valence-electron chi connectivity index (χ0n) is 9.51. The van der Waals surface area contributed by atoms with Gasteiger partial charge in [0, 0.05) is 5.38 Å². The van der Waals surface area contributed by atoms with Crippen LogP contribution in [-0.2, 0) is 0 Å². The van der Waals surface area contributed by atoms with Crippen LogP contribution in [-0.4, -0.2) is 4.98 Å². The fourth-order valence-corrected chi connectivity index (χ4v) is 2.15. The van der Waals surface area contributed by atoms with Crippen molar-refractivity contribution in [1.82, 2.24) is 4.98 Å². The van der Waals surface area contributed by atoms with E-state index < -0.39 is 0 Å². The molecule has 0 aliphatic carbocycles. The molecule has 16 heavy (non-hydrogen) atoms. The molecule has 0 saturated heterocycles. The summed E-state index contributed by atoms with van der Waals surface area (Å²) in [7, 11) is 0. The number of hydrogen-bond acceptors (Lipinski definition) is 3. The predicted octanol–water partition coefficient (Wildman–Crippen LogP) is 4.45. The first kappa shape index (κ1) is 11.1. The molecular weight excluding hydrogens is 218 g/mol. The van der Waals surface area contributed by atoms with Crippen molar-refractivity contribution in [3.05, 3.63) is 41.4 Å². The quantitative estimate of drug-likeness (QED) is 0.778. The third-order valence-electron chi connectivity index (χ3n) is 2.57. The number of nitrogens with zero attached hydrogens (tertiary/aromatic N) is 1. The van der Waals surface area contributed by atoms with E-state index in [0.717, 1.165) is 23.1 Å². The second-order valence-corrected chi connectivity index (χ2v) is 4.58. The molecule has 0 saturated carbocycles. The van der Waals surface area contributed by atoms with E-state index in [1.807, 2.05) is 30.3 Å². The van der Waals surface area contributed by atoms with Crippen LogP contribution in [0.25, 0.3) is 0 Å². The summed E-state index contributed by atoms with van der Waals surface area (Å²) in [5.41, 5.74) is 1.12. The predicted molar refractivity (Wildman–Crippen MR) is 67.3 cm³/mol. The number of aromatic nitrogens is 1. The van der Waals surface area contributed by atoms with Gasteiger partial charge in [-0.25, -0.2) is 4.98 Å². The number of hydrogen-bond donors (Lipinski definition) is 0. The molecule has 0 fully saturated rings. The minimum atomic E-state index is 0.504. The molecule has 1 unspecified atom stereocenters. The molecule has 0 spiro atoms. The topological polar surface area (TPSA) is 22.1 Å². The number of benzene rings is 1. The molecule has 0 aliphatic heterocycles. The van der Waals surface area contributed by atoms with Gasteiger partial charge in [-0.05, 0) is 24.5 Å². The summed E-state index contributed by atoms with van der Waals surface area (Å²) in [6.07, 6.45) is 1.11. The van der Waals surface area contributed by atoms with Crippen LogP contribution in [0.5, 0.6) is 10.9 Å². The van der Waals surface area contributed by atoms with Crippen molar-refractivity contribution < 1.29 is 4.74 Å². The summed E-state index contributed by atoms with van der Waals surface area (Å²) in [6.45, 7) is 4.35. The van der Waals surface area contributed by atoms with Crippen LogP contribution in [0.4, 0.5) is 0 Å². The standard InChI is InChI=1S/C13H15NOS/c1-3-10(2)12-9-16-13(14-12)15-11-7-5-4-6-8-11/h4-10H,3H2,1-2H3. The lowest BCUT2D eigenvalue weighted by Gasteiger charge is -2.03. The van der Waals surface area contributed by atoms with E-state index in [-0.39, 0.29) is 0 Å². The third kappa shape index (κ3) is 2.61. The van der Waals surface area contributed by atoms with Gasteiger partial charge in [0.05, 0.1) is 5.69 Å². The highest BCUT2D eigenvalue weighted by molar-refractivity contribution is 7.11. The van der Waals surface area contributed by atoms with Gasteiger partial charge in [-0.2, -0.15) is 0 Å². The summed E-state index contributed by atoms with van der Waals surface area (Å²) >= 11 is 1.55. The number of rotatable bonds is 4. The molecule has 2 nitrogen and oxygen atoms in total. The lowest BCUT2D eigenvalue weighted by Crippen LogP contribution is -1.91. The third-order valence-corrected chi connectivity index (χ3v) is 3.30. The van der Waals surface area contributed by atoms with Crippen LogP contribution < -0.4 is 4.74 Å². The highest BCUT2D eigenvalue weighted by Gasteiger charge is 2.09. The van der Waals surface area contributed by atoms with Crippen molar-refractivity contribution in [2.75, 3.05) is 0 Å². The van der Waals surface area contributed by atoms with Gasteiger partial charge in [-0.3, -0.25) is 0 Å². The van der Waals surface area contributed by atoms with Crippen LogP contribution in [0.1, 0.15) is 31.9 Å². The fourth-order valence-electron chi connectivity index (χ4n) is 1.34. The zero-order valence-corrected chi connectivity index (χ0v) is 10.3. The van der Waals surface area contributed by atoms with Gasteiger partial charge >= 0.3 is 0 Å². The van der Waals surface area contributed by atoms with E-state index in [0.29, 0.717) is 5.92 Å². The molecule has 0 amide bonds. The van der Waals surface area contributed by atoms with E-state index in [4.69, 9.17) is 4.74 Å². The Balaban J connectivity index is 2.09. The van der Waals surface area contributed by atoms with Crippen LogP contribution in [0, 0.1) is 0 Å². The van der Waals surface area contributed by atoms with Crippen molar-refractivity contribution >= 4 is 11.3 Å². The average Bonchev–Trinajstić information content (AvgIpc) is 2.78. The Bertz CT molecular complexity index is 438. The molecule has 0 aliphatic rings. The Kier molecular flexibility index (Phi) is 3.57. The normalized spacial score (nSPS) is 12.4. The first-order chi connectivity index (χ1) is 7.79. The SMILES string of the molecule is CCC(C)c1csc(Oc2ccccc2)n1. The molecule has 1 atom stereocenters. The second-order valence-electron chi connectivity index (χ2n) is 3.76. The van der Waals surface area contributed by atoms with E-state index in [1.54, 1.807) is 11.3 Å². The summed E-state index contributed by atoms with van der Waals surface area (Å²) in [6, 6.07) is 9.75. The molecule has 1 heterocycles. The zero-order chi connectivity index (χ0) is 11.4. The summed E-state index contributed by atoms with van der Waals surface area (Å²) in [5, 5.41) is 2.80. The molecule has 0 bridgehead atoms. The highest BCUT2D eigenvalue weighted by Crippen LogP contribution is 2.28. The van der Waals surface area contributed by atoms with Crippen LogP contribution in [0.2, 0.25) is 0 Å². The summed E-state index contributed by atoms with van der Waals surface area (Å²) in [4.78, 5) is 4.47. The Hall–Kier alpha value is -1.35. The lowest BCUT2D eigenvalue weighted by atomic mass is 10.1. The Labute approximate surface area is 99.9 Å². The second kappa shape index (κ2) is 5.12. The van der Waals surface area contributed by atoms with Gasteiger partial charge in [-0.15, -0.1) is 0 Å². The molecule has 1 aromatic carbocycles. The van der Waals surface area contributed by atoms with Crippen molar-refractivity contribution in [3.63, 3.8) is 0 Å². The monoisotopic (exact) mass is 233 g/mol. The van der Waals surface area contributed by atoms with Crippen LogP contribution in [0.3, 0.4) is 0 Å². The van der Waals surface area contributed by atoms with Gasteiger partial charge in [0.25, 0.3) is 5.19 Å².